The highest BCUT2D eigenvalue weighted by molar-refractivity contribution is 7.10. The molecule has 0 amide bonds. The zero-order valence-electron chi connectivity index (χ0n) is 12.0. The number of hydrogen-bond acceptors (Lipinski definition) is 3. The van der Waals surface area contributed by atoms with Crippen LogP contribution in [0.5, 0.6) is 0 Å². The van der Waals surface area contributed by atoms with Crippen LogP contribution in [0.25, 0.3) is 0 Å². The van der Waals surface area contributed by atoms with Gasteiger partial charge >= 0.3 is 0 Å². The summed E-state index contributed by atoms with van der Waals surface area (Å²) < 4.78 is 0. The van der Waals surface area contributed by atoms with E-state index >= 15 is 0 Å². The van der Waals surface area contributed by atoms with Gasteiger partial charge in [-0.3, -0.25) is 0 Å². The summed E-state index contributed by atoms with van der Waals surface area (Å²) in [6, 6.07) is 6.01. The summed E-state index contributed by atoms with van der Waals surface area (Å²) in [4.78, 5) is 4.21. The summed E-state index contributed by atoms with van der Waals surface area (Å²) in [6.07, 6.45) is 6.97. The third-order valence-corrected chi connectivity index (χ3v) is 5.78. The molecule has 2 heterocycles. The fraction of sp³-hybridized carbons (Fsp3) is 0.750. The summed E-state index contributed by atoms with van der Waals surface area (Å²) >= 11 is 1.93. The molecule has 19 heavy (non-hydrogen) atoms. The topological polar surface area (TPSA) is 15.3 Å². The molecule has 1 N–H and O–H groups in total. The van der Waals surface area contributed by atoms with Crippen LogP contribution in [-0.2, 0) is 0 Å². The number of likely N-dealkylation sites (tertiary alicyclic amines) is 1. The van der Waals surface area contributed by atoms with E-state index < -0.39 is 0 Å². The minimum atomic E-state index is 0.698. The van der Waals surface area contributed by atoms with Crippen molar-refractivity contribution in [3.8, 4) is 0 Å². The fourth-order valence-corrected chi connectivity index (χ4v) is 4.56. The van der Waals surface area contributed by atoms with E-state index in [1.807, 2.05) is 11.3 Å². The van der Waals surface area contributed by atoms with Gasteiger partial charge in [0.2, 0.25) is 0 Å². The Bertz CT molecular complexity index is 370. The zero-order chi connectivity index (χ0) is 13.1. The summed E-state index contributed by atoms with van der Waals surface area (Å²) in [7, 11) is 0. The molecule has 0 bridgehead atoms. The predicted octanol–water partition coefficient (Wildman–Crippen LogP) is 3.46. The van der Waals surface area contributed by atoms with Gasteiger partial charge in [-0.05, 0) is 37.3 Å². The second kappa shape index (κ2) is 6.38. The predicted molar refractivity (Wildman–Crippen MR) is 83.0 cm³/mol. The maximum Gasteiger partial charge on any atom is 0.0204 e. The Labute approximate surface area is 121 Å². The quantitative estimate of drug-likeness (QED) is 0.907. The Morgan fingerprint density at radius 3 is 2.79 bits per heavy atom. The molecule has 1 aliphatic carbocycles. The van der Waals surface area contributed by atoms with E-state index in [4.69, 9.17) is 0 Å². The van der Waals surface area contributed by atoms with Crippen molar-refractivity contribution in [2.75, 3.05) is 19.6 Å². The maximum atomic E-state index is 3.94. The molecule has 2 unspecified atom stereocenters. The minimum Gasteiger partial charge on any atom is -0.310 e. The lowest BCUT2D eigenvalue weighted by Crippen LogP contribution is -2.50. The summed E-state index contributed by atoms with van der Waals surface area (Å²) in [5, 5.41) is 6.16. The van der Waals surface area contributed by atoms with Crippen LogP contribution in [0.1, 0.15) is 49.8 Å². The SMILES string of the molecule is CCN1CC(NC2CCCC2)CC(c2cccs2)C1. The van der Waals surface area contributed by atoms with Gasteiger partial charge < -0.3 is 10.2 Å². The molecule has 2 atom stereocenters. The van der Waals surface area contributed by atoms with E-state index in [1.54, 1.807) is 4.88 Å². The summed E-state index contributed by atoms with van der Waals surface area (Å²) in [5.74, 6) is 0.743. The van der Waals surface area contributed by atoms with Crippen LogP contribution >= 0.6 is 11.3 Å². The average molecular weight is 278 g/mol. The highest BCUT2D eigenvalue weighted by Gasteiger charge is 2.29. The standard InChI is InChI=1S/C16H26N2S/c1-2-18-11-13(16-8-5-9-19-16)10-15(12-18)17-14-6-3-4-7-14/h5,8-9,13-15,17H,2-4,6-7,10-12H2,1H3. The molecule has 0 radical (unpaired) electrons. The molecule has 0 aromatic carbocycles. The molecule has 2 nitrogen and oxygen atoms in total. The van der Waals surface area contributed by atoms with Crippen LogP contribution in [-0.4, -0.2) is 36.6 Å². The second-order valence-electron chi connectivity index (χ2n) is 6.15. The lowest BCUT2D eigenvalue weighted by atomic mass is 9.92. The smallest absolute Gasteiger partial charge is 0.0204 e. The number of rotatable bonds is 4. The summed E-state index contributed by atoms with van der Waals surface area (Å²) in [5.41, 5.74) is 0. The van der Waals surface area contributed by atoms with Gasteiger partial charge in [-0.25, -0.2) is 0 Å². The largest absolute Gasteiger partial charge is 0.310 e. The van der Waals surface area contributed by atoms with Gasteiger partial charge in [0.05, 0.1) is 0 Å². The average Bonchev–Trinajstić information content (AvgIpc) is 3.11. The van der Waals surface area contributed by atoms with E-state index in [0.717, 1.165) is 12.0 Å². The van der Waals surface area contributed by atoms with Crippen molar-refractivity contribution < 1.29 is 0 Å². The van der Waals surface area contributed by atoms with Crippen LogP contribution < -0.4 is 5.32 Å². The van der Waals surface area contributed by atoms with Crippen molar-refractivity contribution in [1.82, 2.24) is 10.2 Å². The molecule has 0 spiro atoms. The van der Waals surface area contributed by atoms with Crippen LogP contribution in [0.15, 0.2) is 17.5 Å². The van der Waals surface area contributed by atoms with E-state index in [0.29, 0.717) is 6.04 Å². The molecule has 1 aromatic rings. The molecular formula is C16H26N2S. The molecule has 1 aliphatic heterocycles. The van der Waals surface area contributed by atoms with Crippen LogP contribution in [0.2, 0.25) is 0 Å². The third-order valence-electron chi connectivity index (χ3n) is 4.75. The van der Waals surface area contributed by atoms with Gasteiger partial charge in [-0.15, -0.1) is 11.3 Å². The molecule has 1 aromatic heterocycles. The maximum absolute atomic E-state index is 3.94. The van der Waals surface area contributed by atoms with E-state index in [-0.39, 0.29) is 0 Å². The van der Waals surface area contributed by atoms with Crippen molar-refractivity contribution in [3.05, 3.63) is 22.4 Å². The van der Waals surface area contributed by atoms with Crippen LogP contribution in [0, 0.1) is 0 Å². The van der Waals surface area contributed by atoms with Gasteiger partial charge in [0.25, 0.3) is 0 Å². The number of hydrogen-bond donors (Lipinski definition) is 1. The molecule has 3 rings (SSSR count). The first-order chi connectivity index (χ1) is 9.35. The van der Waals surface area contributed by atoms with Crippen molar-refractivity contribution in [3.63, 3.8) is 0 Å². The van der Waals surface area contributed by atoms with E-state index in [9.17, 15) is 0 Å². The Morgan fingerprint density at radius 1 is 1.26 bits per heavy atom. The highest BCUT2D eigenvalue weighted by Crippen LogP contribution is 2.31. The van der Waals surface area contributed by atoms with Crippen LogP contribution in [0.4, 0.5) is 0 Å². The monoisotopic (exact) mass is 278 g/mol. The van der Waals surface area contributed by atoms with Crippen molar-refractivity contribution >= 4 is 11.3 Å². The number of likely N-dealkylation sites (N-methyl/N-ethyl adjacent to an activating group) is 1. The lowest BCUT2D eigenvalue weighted by Gasteiger charge is -2.38. The normalized spacial score (nSPS) is 29.9. The lowest BCUT2D eigenvalue weighted by molar-refractivity contribution is 0.172. The second-order valence-corrected chi connectivity index (χ2v) is 7.12. The minimum absolute atomic E-state index is 0.698. The molecular weight excluding hydrogens is 252 g/mol. The Morgan fingerprint density at radius 2 is 2.11 bits per heavy atom. The third kappa shape index (κ3) is 3.39. The molecule has 106 valence electrons. The zero-order valence-corrected chi connectivity index (χ0v) is 12.8. The van der Waals surface area contributed by atoms with Gasteiger partial charge in [-0.1, -0.05) is 25.8 Å². The molecule has 1 saturated carbocycles. The molecule has 2 aliphatic rings. The molecule has 1 saturated heterocycles. The van der Waals surface area contributed by atoms with Gasteiger partial charge in [0.15, 0.2) is 0 Å². The fourth-order valence-electron chi connectivity index (χ4n) is 3.72. The molecule has 3 heteroatoms. The Hall–Kier alpha value is -0.380. The first kappa shape index (κ1) is 13.6. The van der Waals surface area contributed by atoms with Crippen molar-refractivity contribution in [2.24, 2.45) is 0 Å². The van der Waals surface area contributed by atoms with Gasteiger partial charge in [-0.2, -0.15) is 0 Å². The number of nitrogens with one attached hydrogen (secondary N) is 1. The Kier molecular flexibility index (Phi) is 4.57. The van der Waals surface area contributed by atoms with Gasteiger partial charge in [0, 0.05) is 36.0 Å². The van der Waals surface area contributed by atoms with E-state index in [1.165, 1.54) is 51.7 Å². The van der Waals surface area contributed by atoms with Crippen molar-refractivity contribution in [2.45, 2.75) is 57.0 Å². The number of piperidine rings is 1. The van der Waals surface area contributed by atoms with Crippen LogP contribution in [0.3, 0.4) is 0 Å². The molecule has 2 fully saturated rings. The summed E-state index contributed by atoms with van der Waals surface area (Å²) in [6.45, 7) is 5.98. The first-order valence-electron chi connectivity index (χ1n) is 7.87. The Balaban J connectivity index is 1.63. The highest BCUT2D eigenvalue weighted by atomic mass is 32.1. The number of nitrogens with zero attached hydrogens (tertiary/aromatic N) is 1. The van der Waals surface area contributed by atoms with Gasteiger partial charge in [0.1, 0.15) is 0 Å². The number of thiophene rings is 1. The first-order valence-corrected chi connectivity index (χ1v) is 8.75. The van der Waals surface area contributed by atoms with E-state index in [2.05, 4.69) is 34.7 Å². The van der Waals surface area contributed by atoms with Crippen molar-refractivity contribution in [1.29, 1.82) is 0 Å².